The number of aliphatic imine (C=N–C) groups is 1. The van der Waals surface area contributed by atoms with Gasteiger partial charge in [-0.05, 0) is 49.6 Å². The number of nitrogens with one attached hydrogen (secondary N) is 1. The number of imidazole rings is 1. The topological polar surface area (TPSA) is 85.6 Å². The van der Waals surface area contributed by atoms with Gasteiger partial charge in [0.2, 0.25) is 5.91 Å². The zero-order valence-electron chi connectivity index (χ0n) is 21.5. The highest BCUT2D eigenvalue weighted by Crippen LogP contribution is 2.40. The number of rotatable bonds is 10. The lowest BCUT2D eigenvalue weighted by Crippen LogP contribution is -2.42. The number of carbonyl (C=O) groups is 2. The first-order valence-electron chi connectivity index (χ1n) is 12.6. The highest BCUT2D eigenvalue weighted by Gasteiger charge is 2.41. The standard InChI is InChI=1S/C30H31ClN4O3/c1-21-26(29(36)33-14-8-16-35-17-15-32-20-35)28(24-12-6-13-25(31)19-24)27(22(2)34-21)30(37)38-18-7-11-23-9-4-3-5-10-23/h3-7,9-13,15,17,19-20,26,28H,8,14,16,18H2,1-2H3,(H,33,36). The number of aromatic nitrogens is 2. The van der Waals surface area contributed by atoms with E-state index in [1.165, 1.54) is 0 Å². The molecule has 0 aliphatic carbocycles. The Morgan fingerprint density at radius 3 is 2.68 bits per heavy atom. The van der Waals surface area contributed by atoms with Crippen LogP contribution in [0, 0.1) is 5.92 Å². The van der Waals surface area contributed by atoms with E-state index in [4.69, 9.17) is 16.3 Å². The zero-order valence-corrected chi connectivity index (χ0v) is 22.3. The lowest BCUT2D eigenvalue weighted by atomic mass is 9.75. The third-order valence-corrected chi connectivity index (χ3v) is 6.65. The van der Waals surface area contributed by atoms with Crippen molar-refractivity contribution in [2.75, 3.05) is 13.2 Å². The number of allylic oxidation sites excluding steroid dienone is 1. The Morgan fingerprint density at radius 2 is 1.95 bits per heavy atom. The first-order valence-corrected chi connectivity index (χ1v) is 13.0. The molecule has 0 saturated heterocycles. The number of ether oxygens (including phenoxy) is 1. The first-order chi connectivity index (χ1) is 18.4. The molecule has 2 atom stereocenters. The van der Waals surface area contributed by atoms with Crippen molar-refractivity contribution in [3.8, 4) is 0 Å². The second-order valence-corrected chi connectivity index (χ2v) is 9.56. The SMILES string of the molecule is CC1=NC(C)=C(C(=O)OCC=Cc2ccccc2)C(c2cccc(Cl)c2)C1C(=O)NCCCn1ccnc1. The van der Waals surface area contributed by atoms with Crippen LogP contribution in [0.4, 0.5) is 0 Å². The predicted molar refractivity (Wildman–Crippen MR) is 150 cm³/mol. The van der Waals surface area contributed by atoms with Crippen molar-refractivity contribution in [2.24, 2.45) is 10.9 Å². The van der Waals surface area contributed by atoms with E-state index in [0.29, 0.717) is 28.5 Å². The van der Waals surface area contributed by atoms with Gasteiger partial charge in [-0.3, -0.25) is 9.79 Å². The normalized spacial score (nSPS) is 17.4. The summed E-state index contributed by atoms with van der Waals surface area (Å²) in [5.41, 5.74) is 3.31. The molecule has 38 heavy (non-hydrogen) atoms. The molecule has 0 saturated carbocycles. The molecule has 0 fully saturated rings. The Morgan fingerprint density at radius 1 is 1.13 bits per heavy atom. The Labute approximate surface area is 227 Å². The maximum absolute atomic E-state index is 13.5. The zero-order chi connectivity index (χ0) is 26.9. The van der Waals surface area contributed by atoms with E-state index < -0.39 is 17.8 Å². The highest BCUT2D eigenvalue weighted by molar-refractivity contribution is 6.30. The van der Waals surface area contributed by atoms with Crippen LogP contribution in [-0.2, 0) is 20.9 Å². The van der Waals surface area contributed by atoms with Gasteiger partial charge < -0.3 is 14.6 Å². The molecule has 0 spiro atoms. The minimum atomic E-state index is -0.673. The van der Waals surface area contributed by atoms with Gasteiger partial charge in [0.1, 0.15) is 6.61 Å². The summed E-state index contributed by atoms with van der Waals surface area (Å²) in [6, 6.07) is 17.0. The molecule has 1 aromatic heterocycles. The third kappa shape index (κ3) is 6.86. The molecule has 2 unspecified atom stereocenters. The number of hydrogen-bond acceptors (Lipinski definition) is 5. The quantitative estimate of drug-likeness (QED) is 0.279. The summed E-state index contributed by atoms with van der Waals surface area (Å²) in [7, 11) is 0. The molecule has 2 heterocycles. The lowest BCUT2D eigenvalue weighted by Gasteiger charge is -2.32. The number of aryl methyl sites for hydroxylation is 1. The number of benzene rings is 2. The van der Waals surface area contributed by atoms with Crippen molar-refractivity contribution in [3.63, 3.8) is 0 Å². The number of amides is 1. The fraction of sp³-hybridized carbons (Fsp3) is 0.267. The fourth-order valence-electron chi connectivity index (χ4n) is 4.65. The monoisotopic (exact) mass is 530 g/mol. The largest absolute Gasteiger partial charge is 0.458 e. The average molecular weight is 531 g/mol. The van der Waals surface area contributed by atoms with Crippen molar-refractivity contribution in [2.45, 2.75) is 32.7 Å². The molecule has 0 bridgehead atoms. The van der Waals surface area contributed by atoms with E-state index in [1.807, 2.05) is 66.2 Å². The molecule has 7 nitrogen and oxygen atoms in total. The van der Waals surface area contributed by atoms with Crippen molar-refractivity contribution in [1.29, 1.82) is 0 Å². The van der Waals surface area contributed by atoms with Gasteiger partial charge in [-0.2, -0.15) is 0 Å². The number of carbonyl (C=O) groups excluding carboxylic acids is 2. The predicted octanol–water partition coefficient (Wildman–Crippen LogP) is 5.45. The van der Waals surface area contributed by atoms with Crippen molar-refractivity contribution in [1.82, 2.24) is 14.9 Å². The van der Waals surface area contributed by atoms with E-state index in [9.17, 15) is 9.59 Å². The van der Waals surface area contributed by atoms with E-state index in [1.54, 1.807) is 37.7 Å². The molecule has 1 amide bonds. The van der Waals surface area contributed by atoms with Crippen LogP contribution < -0.4 is 5.32 Å². The Balaban J connectivity index is 1.52. The van der Waals surface area contributed by atoms with Crippen LogP contribution in [0.2, 0.25) is 5.02 Å². The van der Waals surface area contributed by atoms with Gasteiger partial charge in [-0.25, -0.2) is 9.78 Å². The number of nitrogens with zero attached hydrogens (tertiary/aromatic N) is 3. The first kappa shape index (κ1) is 27.1. The second kappa shape index (κ2) is 13.0. The molecule has 2 aromatic carbocycles. The summed E-state index contributed by atoms with van der Waals surface area (Å²) in [4.78, 5) is 35.5. The maximum atomic E-state index is 13.5. The molecule has 8 heteroatoms. The summed E-state index contributed by atoms with van der Waals surface area (Å²) in [6.07, 6.45) is 9.78. The molecular formula is C30H31ClN4O3. The van der Waals surface area contributed by atoms with Crippen LogP contribution in [0.5, 0.6) is 0 Å². The average Bonchev–Trinajstić information content (AvgIpc) is 3.43. The number of hydrogen-bond donors (Lipinski definition) is 1. The van der Waals surface area contributed by atoms with Gasteiger partial charge >= 0.3 is 5.97 Å². The van der Waals surface area contributed by atoms with Gasteiger partial charge in [-0.15, -0.1) is 0 Å². The molecule has 0 radical (unpaired) electrons. The minimum Gasteiger partial charge on any atom is -0.458 e. The Hall–Kier alpha value is -3.97. The van der Waals surface area contributed by atoms with Gasteiger partial charge in [0.25, 0.3) is 0 Å². The summed E-state index contributed by atoms with van der Waals surface area (Å²) < 4.78 is 7.59. The highest BCUT2D eigenvalue weighted by atomic mass is 35.5. The van der Waals surface area contributed by atoms with E-state index in [2.05, 4.69) is 15.3 Å². The van der Waals surface area contributed by atoms with Gasteiger partial charge in [0.05, 0.1) is 17.8 Å². The van der Waals surface area contributed by atoms with E-state index >= 15 is 0 Å². The summed E-state index contributed by atoms with van der Waals surface area (Å²) in [5.74, 6) is -1.94. The number of esters is 1. The van der Waals surface area contributed by atoms with Gasteiger partial charge in [0.15, 0.2) is 0 Å². The van der Waals surface area contributed by atoms with Crippen molar-refractivity contribution in [3.05, 3.63) is 107 Å². The van der Waals surface area contributed by atoms with Crippen LogP contribution in [0.15, 0.2) is 95.7 Å². The minimum absolute atomic E-state index is 0.0978. The molecule has 1 N–H and O–H groups in total. The summed E-state index contributed by atoms with van der Waals surface area (Å²) in [5, 5.41) is 3.56. The Bertz CT molecular complexity index is 1350. The van der Waals surface area contributed by atoms with E-state index in [-0.39, 0.29) is 12.5 Å². The van der Waals surface area contributed by atoms with Crippen molar-refractivity contribution < 1.29 is 14.3 Å². The van der Waals surface area contributed by atoms with Crippen LogP contribution in [0.25, 0.3) is 6.08 Å². The fourth-order valence-corrected chi connectivity index (χ4v) is 4.85. The van der Waals surface area contributed by atoms with Gasteiger partial charge in [-0.1, -0.05) is 60.1 Å². The van der Waals surface area contributed by atoms with Crippen LogP contribution in [-0.4, -0.2) is 40.3 Å². The van der Waals surface area contributed by atoms with Crippen LogP contribution >= 0.6 is 11.6 Å². The Kier molecular flexibility index (Phi) is 9.27. The number of halogens is 1. The van der Waals surface area contributed by atoms with E-state index in [0.717, 1.165) is 24.1 Å². The molecule has 3 aromatic rings. The van der Waals surface area contributed by atoms with Crippen LogP contribution in [0.3, 0.4) is 0 Å². The van der Waals surface area contributed by atoms with Crippen LogP contribution in [0.1, 0.15) is 37.3 Å². The lowest BCUT2D eigenvalue weighted by molar-refractivity contribution is -0.138. The molecule has 196 valence electrons. The molecule has 4 rings (SSSR count). The van der Waals surface area contributed by atoms with Crippen molar-refractivity contribution >= 4 is 35.3 Å². The summed E-state index contributed by atoms with van der Waals surface area (Å²) in [6.45, 7) is 4.91. The van der Waals surface area contributed by atoms with Gasteiger partial charge in [0, 0.05) is 47.8 Å². The molecular weight excluding hydrogens is 500 g/mol. The second-order valence-electron chi connectivity index (χ2n) is 9.12. The molecule has 1 aliphatic heterocycles. The molecule has 1 aliphatic rings. The smallest absolute Gasteiger partial charge is 0.336 e. The summed E-state index contributed by atoms with van der Waals surface area (Å²) >= 11 is 6.32. The maximum Gasteiger partial charge on any atom is 0.336 e. The third-order valence-electron chi connectivity index (χ3n) is 6.41.